The standard InChI is InChI=1S/C11H18N4O3.HI/c1-18-7-8-6-13-11(14-8)12-4-5-15-9(16)2-3-10(15)17;/h8H,2-7H2,1H3,(H2,12,13,14);1H. The highest BCUT2D eigenvalue weighted by atomic mass is 127. The van der Waals surface area contributed by atoms with Gasteiger partial charge in [-0.1, -0.05) is 0 Å². The van der Waals surface area contributed by atoms with E-state index in [1.807, 2.05) is 0 Å². The molecule has 7 nitrogen and oxygen atoms in total. The summed E-state index contributed by atoms with van der Waals surface area (Å²) < 4.78 is 5.03. The highest BCUT2D eigenvalue weighted by Gasteiger charge is 2.28. The van der Waals surface area contributed by atoms with Crippen molar-refractivity contribution in [3.05, 3.63) is 0 Å². The normalized spacial score (nSPS) is 22.1. The van der Waals surface area contributed by atoms with Gasteiger partial charge < -0.3 is 15.4 Å². The molecule has 2 heterocycles. The molecule has 1 fully saturated rings. The fraction of sp³-hybridized carbons (Fsp3) is 0.727. The van der Waals surface area contributed by atoms with Crippen LogP contribution in [0.5, 0.6) is 0 Å². The van der Waals surface area contributed by atoms with Crippen LogP contribution in [-0.2, 0) is 14.3 Å². The average molecular weight is 382 g/mol. The predicted molar refractivity (Wildman–Crippen MR) is 80.5 cm³/mol. The second kappa shape index (κ2) is 7.63. The third-order valence-electron chi connectivity index (χ3n) is 2.96. The molecule has 2 amide bonds. The van der Waals surface area contributed by atoms with E-state index >= 15 is 0 Å². The van der Waals surface area contributed by atoms with E-state index in [1.54, 1.807) is 7.11 Å². The van der Waals surface area contributed by atoms with E-state index in [9.17, 15) is 9.59 Å². The van der Waals surface area contributed by atoms with Gasteiger partial charge in [0.25, 0.3) is 0 Å². The number of halogens is 1. The average Bonchev–Trinajstić information content (AvgIpc) is 2.91. The molecular weight excluding hydrogens is 363 g/mol. The third kappa shape index (κ3) is 4.30. The lowest BCUT2D eigenvalue weighted by Gasteiger charge is -2.15. The Hall–Kier alpha value is -0.900. The molecule has 0 aromatic carbocycles. The molecule has 0 aromatic rings. The van der Waals surface area contributed by atoms with E-state index in [2.05, 4.69) is 15.6 Å². The van der Waals surface area contributed by atoms with Crippen LogP contribution in [0, 0.1) is 0 Å². The summed E-state index contributed by atoms with van der Waals surface area (Å²) in [6, 6.07) is 0.201. The van der Waals surface area contributed by atoms with E-state index in [1.165, 1.54) is 4.90 Å². The van der Waals surface area contributed by atoms with E-state index in [0.717, 1.165) is 0 Å². The van der Waals surface area contributed by atoms with Crippen molar-refractivity contribution in [2.24, 2.45) is 4.99 Å². The lowest BCUT2D eigenvalue weighted by atomic mass is 10.3. The summed E-state index contributed by atoms with van der Waals surface area (Å²) in [7, 11) is 1.65. The van der Waals surface area contributed by atoms with Crippen molar-refractivity contribution in [2.75, 3.05) is 33.4 Å². The van der Waals surface area contributed by atoms with Crippen LogP contribution < -0.4 is 10.6 Å². The van der Waals surface area contributed by atoms with Crippen LogP contribution in [0.1, 0.15) is 12.8 Å². The fourth-order valence-corrected chi connectivity index (χ4v) is 2.05. The number of hydrogen-bond acceptors (Lipinski definition) is 6. The van der Waals surface area contributed by atoms with Crippen molar-refractivity contribution in [1.29, 1.82) is 0 Å². The maximum absolute atomic E-state index is 11.4. The molecule has 2 aliphatic heterocycles. The van der Waals surface area contributed by atoms with Gasteiger partial charge in [0.2, 0.25) is 11.8 Å². The molecular formula is C11H19IN4O3. The van der Waals surface area contributed by atoms with Gasteiger partial charge in [0.1, 0.15) is 0 Å². The number of nitrogens with one attached hydrogen (secondary N) is 2. The van der Waals surface area contributed by atoms with Crippen LogP contribution in [0.15, 0.2) is 4.99 Å². The van der Waals surface area contributed by atoms with Crippen molar-refractivity contribution in [1.82, 2.24) is 15.5 Å². The molecule has 19 heavy (non-hydrogen) atoms. The first-order valence-corrected chi connectivity index (χ1v) is 6.07. The maximum atomic E-state index is 11.4. The fourth-order valence-electron chi connectivity index (χ4n) is 2.05. The zero-order valence-electron chi connectivity index (χ0n) is 10.8. The number of likely N-dealkylation sites (tertiary alicyclic amines) is 1. The summed E-state index contributed by atoms with van der Waals surface area (Å²) in [4.78, 5) is 28.3. The number of guanidine groups is 1. The number of nitrogens with zero attached hydrogens (tertiary/aromatic N) is 2. The molecule has 0 spiro atoms. The molecule has 8 heteroatoms. The van der Waals surface area contributed by atoms with Gasteiger partial charge in [-0.2, -0.15) is 0 Å². The van der Waals surface area contributed by atoms with E-state index < -0.39 is 0 Å². The number of amides is 2. The molecule has 2 aliphatic rings. The number of aliphatic imine (C=N–C) groups is 1. The molecule has 1 atom stereocenters. The molecule has 0 bridgehead atoms. The van der Waals surface area contributed by atoms with Crippen LogP contribution in [0.4, 0.5) is 0 Å². The van der Waals surface area contributed by atoms with Gasteiger partial charge in [0.15, 0.2) is 5.96 Å². The van der Waals surface area contributed by atoms with Gasteiger partial charge in [-0.3, -0.25) is 19.5 Å². The second-order valence-corrected chi connectivity index (χ2v) is 4.35. The van der Waals surface area contributed by atoms with Crippen molar-refractivity contribution >= 4 is 41.8 Å². The number of hydrogen-bond donors (Lipinski definition) is 2. The lowest BCUT2D eigenvalue weighted by molar-refractivity contribution is -0.138. The number of imide groups is 1. The number of rotatable bonds is 5. The zero-order valence-corrected chi connectivity index (χ0v) is 13.2. The topological polar surface area (TPSA) is 83.0 Å². The minimum Gasteiger partial charge on any atom is -0.382 e. The minimum absolute atomic E-state index is 0. The monoisotopic (exact) mass is 382 g/mol. The van der Waals surface area contributed by atoms with Crippen LogP contribution in [0.25, 0.3) is 0 Å². The maximum Gasteiger partial charge on any atom is 0.229 e. The summed E-state index contributed by atoms with van der Waals surface area (Å²) in [5.41, 5.74) is 0. The van der Waals surface area contributed by atoms with E-state index in [-0.39, 0.29) is 41.8 Å². The third-order valence-corrected chi connectivity index (χ3v) is 2.96. The minimum atomic E-state index is -0.0830. The first-order chi connectivity index (χ1) is 8.70. The zero-order chi connectivity index (χ0) is 13.0. The smallest absolute Gasteiger partial charge is 0.229 e. The van der Waals surface area contributed by atoms with Crippen LogP contribution >= 0.6 is 24.0 Å². The summed E-state index contributed by atoms with van der Waals surface area (Å²) in [6.45, 7) is 2.20. The molecule has 0 aromatic heterocycles. The molecule has 2 N–H and O–H groups in total. The van der Waals surface area contributed by atoms with Crippen LogP contribution in [0.2, 0.25) is 0 Å². The van der Waals surface area contributed by atoms with E-state index in [0.29, 0.717) is 45.0 Å². The Labute approximate surface area is 129 Å². The molecule has 0 aliphatic carbocycles. The van der Waals surface area contributed by atoms with Gasteiger partial charge in [-0.25, -0.2) is 0 Å². The molecule has 1 saturated heterocycles. The van der Waals surface area contributed by atoms with Gasteiger partial charge >= 0.3 is 0 Å². The molecule has 108 valence electrons. The Morgan fingerprint density at radius 3 is 2.74 bits per heavy atom. The Bertz CT molecular complexity index is 359. The molecule has 0 radical (unpaired) electrons. The molecule has 1 unspecified atom stereocenters. The van der Waals surface area contributed by atoms with Crippen LogP contribution in [0.3, 0.4) is 0 Å². The quantitative estimate of drug-likeness (QED) is 0.486. The predicted octanol–water partition coefficient (Wildman–Crippen LogP) is -0.683. The Kier molecular flexibility index (Phi) is 6.49. The molecule has 2 rings (SSSR count). The number of carbonyl (C=O) groups excluding carboxylic acids is 2. The summed E-state index contributed by atoms with van der Waals surface area (Å²) in [5.74, 6) is 0.539. The SMILES string of the molecule is COCC1CN=C(NCCN2C(=O)CCC2=O)N1.I. The van der Waals surface area contributed by atoms with Gasteiger partial charge in [-0.05, 0) is 0 Å². The van der Waals surface area contributed by atoms with Crippen molar-refractivity contribution in [3.8, 4) is 0 Å². The van der Waals surface area contributed by atoms with E-state index in [4.69, 9.17) is 4.74 Å². The highest BCUT2D eigenvalue weighted by molar-refractivity contribution is 14.0. The van der Waals surface area contributed by atoms with Crippen molar-refractivity contribution in [2.45, 2.75) is 18.9 Å². The second-order valence-electron chi connectivity index (χ2n) is 4.35. The first kappa shape index (κ1) is 16.2. The summed E-state index contributed by atoms with van der Waals surface area (Å²) >= 11 is 0. The van der Waals surface area contributed by atoms with Crippen LogP contribution in [-0.4, -0.2) is 62.1 Å². The van der Waals surface area contributed by atoms with Gasteiger partial charge in [-0.15, -0.1) is 24.0 Å². The van der Waals surface area contributed by atoms with Gasteiger partial charge in [0.05, 0.1) is 19.2 Å². The first-order valence-electron chi connectivity index (χ1n) is 6.07. The Morgan fingerprint density at radius 1 is 1.42 bits per heavy atom. The number of carbonyl (C=O) groups is 2. The van der Waals surface area contributed by atoms with Crippen molar-refractivity contribution in [3.63, 3.8) is 0 Å². The Balaban J connectivity index is 0.00000180. The van der Waals surface area contributed by atoms with Gasteiger partial charge in [0, 0.05) is 33.0 Å². The summed E-state index contributed by atoms with van der Waals surface area (Å²) in [5, 5.41) is 6.24. The number of methoxy groups -OCH3 is 1. The Morgan fingerprint density at radius 2 is 2.11 bits per heavy atom. The molecule has 0 saturated carbocycles. The largest absolute Gasteiger partial charge is 0.382 e. The lowest BCUT2D eigenvalue weighted by Crippen LogP contribution is -2.44. The van der Waals surface area contributed by atoms with Crippen molar-refractivity contribution < 1.29 is 14.3 Å². The number of ether oxygens (including phenoxy) is 1. The summed E-state index contributed by atoms with van der Waals surface area (Å²) in [6.07, 6.45) is 0.682. The highest BCUT2D eigenvalue weighted by Crippen LogP contribution is 2.10.